The van der Waals surface area contributed by atoms with Crippen LogP contribution < -0.4 is 4.90 Å². The van der Waals surface area contributed by atoms with E-state index in [4.69, 9.17) is 4.74 Å². The molecule has 0 radical (unpaired) electrons. The molecule has 114 valence electrons. The first-order chi connectivity index (χ1) is 10.0. The van der Waals surface area contributed by atoms with Crippen LogP contribution in [0.4, 0.5) is 10.5 Å². The maximum Gasteiger partial charge on any atom is 0.338 e. The molecule has 2 rings (SSSR count). The second-order valence-electron chi connectivity index (χ2n) is 5.54. The molecule has 1 fully saturated rings. The van der Waals surface area contributed by atoms with Crippen LogP contribution in [0.2, 0.25) is 0 Å². The summed E-state index contributed by atoms with van der Waals surface area (Å²) in [7, 11) is 0. The van der Waals surface area contributed by atoms with E-state index in [1.54, 1.807) is 36.1 Å². The number of hydrogen-bond donors (Lipinski definition) is 0. The van der Waals surface area contributed by atoms with Crippen molar-refractivity contribution in [3.63, 3.8) is 0 Å². The minimum atomic E-state index is -0.335. The van der Waals surface area contributed by atoms with Crippen LogP contribution in [0.25, 0.3) is 0 Å². The zero-order valence-corrected chi connectivity index (χ0v) is 12.8. The van der Waals surface area contributed by atoms with Crippen LogP contribution in [0.1, 0.15) is 31.1 Å². The lowest BCUT2D eigenvalue weighted by atomic mass is 10.2. The average molecular weight is 290 g/mol. The number of ether oxygens (including phenoxy) is 1. The largest absolute Gasteiger partial charge is 0.462 e. The van der Waals surface area contributed by atoms with Crippen molar-refractivity contribution in [2.75, 3.05) is 31.1 Å². The predicted molar refractivity (Wildman–Crippen MR) is 81.6 cm³/mol. The van der Waals surface area contributed by atoms with Crippen molar-refractivity contribution in [1.29, 1.82) is 0 Å². The molecule has 1 heterocycles. The van der Waals surface area contributed by atoms with Crippen molar-refractivity contribution in [2.24, 2.45) is 5.92 Å². The molecule has 1 aliphatic heterocycles. The van der Waals surface area contributed by atoms with Crippen molar-refractivity contribution in [2.45, 2.75) is 20.8 Å². The Morgan fingerprint density at radius 2 is 1.90 bits per heavy atom. The zero-order valence-electron chi connectivity index (χ0n) is 12.8. The van der Waals surface area contributed by atoms with Gasteiger partial charge in [0.2, 0.25) is 0 Å². The number of carbonyl (C=O) groups excluding carboxylic acids is 2. The SMILES string of the molecule is CCOC(=O)c1ccc(N2CCN(CC(C)C)C2=O)cc1. The second-order valence-corrected chi connectivity index (χ2v) is 5.54. The predicted octanol–water partition coefficient (Wildman–Crippen LogP) is 2.76. The van der Waals surface area contributed by atoms with Crippen LogP contribution in [0.5, 0.6) is 0 Å². The van der Waals surface area contributed by atoms with E-state index in [1.165, 1.54) is 0 Å². The summed E-state index contributed by atoms with van der Waals surface area (Å²) in [6.45, 7) is 8.54. The lowest BCUT2D eigenvalue weighted by molar-refractivity contribution is 0.0526. The van der Waals surface area contributed by atoms with E-state index in [-0.39, 0.29) is 12.0 Å². The number of urea groups is 1. The third-order valence-electron chi connectivity index (χ3n) is 3.37. The van der Waals surface area contributed by atoms with Crippen LogP contribution in [-0.2, 0) is 4.74 Å². The Morgan fingerprint density at radius 3 is 2.48 bits per heavy atom. The van der Waals surface area contributed by atoms with Gasteiger partial charge in [0, 0.05) is 25.3 Å². The fourth-order valence-corrected chi connectivity index (χ4v) is 2.42. The first-order valence-corrected chi connectivity index (χ1v) is 7.36. The zero-order chi connectivity index (χ0) is 15.4. The van der Waals surface area contributed by atoms with Crippen molar-refractivity contribution in [1.82, 2.24) is 4.90 Å². The summed E-state index contributed by atoms with van der Waals surface area (Å²) >= 11 is 0. The second kappa shape index (κ2) is 6.61. The van der Waals surface area contributed by atoms with Gasteiger partial charge in [-0.2, -0.15) is 0 Å². The number of anilines is 1. The molecule has 1 aromatic rings. The molecule has 5 heteroatoms. The Hall–Kier alpha value is -2.04. The first-order valence-electron chi connectivity index (χ1n) is 7.36. The van der Waals surface area contributed by atoms with E-state index in [2.05, 4.69) is 13.8 Å². The van der Waals surface area contributed by atoms with Crippen LogP contribution >= 0.6 is 0 Å². The maximum absolute atomic E-state index is 12.3. The topological polar surface area (TPSA) is 49.9 Å². The molecule has 1 saturated heterocycles. The molecule has 0 atom stereocenters. The average Bonchev–Trinajstić information content (AvgIpc) is 2.80. The summed E-state index contributed by atoms with van der Waals surface area (Å²) in [5, 5.41) is 0. The molecule has 21 heavy (non-hydrogen) atoms. The van der Waals surface area contributed by atoms with Crippen LogP contribution in [0.3, 0.4) is 0 Å². The number of esters is 1. The third kappa shape index (κ3) is 3.54. The lowest BCUT2D eigenvalue weighted by Gasteiger charge is -2.20. The molecule has 0 saturated carbocycles. The van der Waals surface area contributed by atoms with Gasteiger partial charge in [0.15, 0.2) is 0 Å². The van der Waals surface area contributed by atoms with E-state index < -0.39 is 0 Å². The fraction of sp³-hybridized carbons (Fsp3) is 0.500. The molecule has 5 nitrogen and oxygen atoms in total. The summed E-state index contributed by atoms with van der Waals surface area (Å²) in [6.07, 6.45) is 0. The lowest BCUT2D eigenvalue weighted by Crippen LogP contribution is -2.34. The molecule has 0 bridgehead atoms. The summed E-state index contributed by atoms with van der Waals surface area (Å²) < 4.78 is 4.95. The monoisotopic (exact) mass is 290 g/mol. The minimum absolute atomic E-state index is 0.0348. The van der Waals surface area contributed by atoms with E-state index in [0.717, 1.165) is 18.8 Å². The molecule has 0 aromatic heterocycles. The van der Waals surface area contributed by atoms with Crippen molar-refractivity contribution >= 4 is 17.7 Å². The van der Waals surface area contributed by atoms with Crippen LogP contribution in [0.15, 0.2) is 24.3 Å². The first kappa shape index (κ1) is 15.4. The van der Waals surface area contributed by atoms with Crippen LogP contribution in [0, 0.1) is 5.92 Å². The molecule has 0 spiro atoms. The number of nitrogens with zero attached hydrogens (tertiary/aromatic N) is 2. The van der Waals surface area contributed by atoms with Gasteiger partial charge >= 0.3 is 12.0 Å². The molecular weight excluding hydrogens is 268 g/mol. The Kier molecular flexibility index (Phi) is 4.83. The van der Waals surface area contributed by atoms with Crippen molar-refractivity contribution < 1.29 is 14.3 Å². The Bertz CT molecular complexity index is 511. The Labute approximate surface area is 125 Å². The third-order valence-corrected chi connectivity index (χ3v) is 3.37. The molecule has 2 amide bonds. The molecule has 0 N–H and O–H groups in total. The van der Waals surface area contributed by atoms with E-state index in [0.29, 0.717) is 24.6 Å². The number of hydrogen-bond acceptors (Lipinski definition) is 3. The van der Waals surface area contributed by atoms with Crippen molar-refractivity contribution in [3.05, 3.63) is 29.8 Å². The number of carbonyl (C=O) groups is 2. The van der Waals surface area contributed by atoms with Gasteiger partial charge in [0.1, 0.15) is 0 Å². The highest BCUT2D eigenvalue weighted by atomic mass is 16.5. The summed E-state index contributed by atoms with van der Waals surface area (Å²) in [6, 6.07) is 7.02. The van der Waals surface area contributed by atoms with Gasteiger partial charge in [-0.1, -0.05) is 13.8 Å². The summed E-state index contributed by atoms with van der Waals surface area (Å²) in [4.78, 5) is 27.5. The summed E-state index contributed by atoms with van der Waals surface area (Å²) in [5.74, 6) is 0.123. The quantitative estimate of drug-likeness (QED) is 0.783. The molecule has 0 unspecified atom stereocenters. The van der Waals surface area contributed by atoms with Gasteiger partial charge in [0.25, 0.3) is 0 Å². The van der Waals surface area contributed by atoms with Crippen LogP contribution in [-0.4, -0.2) is 43.1 Å². The smallest absolute Gasteiger partial charge is 0.338 e. The molecular formula is C16H22N2O3. The highest BCUT2D eigenvalue weighted by Crippen LogP contribution is 2.21. The van der Waals surface area contributed by atoms with Gasteiger partial charge in [-0.15, -0.1) is 0 Å². The van der Waals surface area contributed by atoms with Crippen molar-refractivity contribution in [3.8, 4) is 0 Å². The molecule has 0 aliphatic carbocycles. The van der Waals surface area contributed by atoms with E-state index >= 15 is 0 Å². The summed E-state index contributed by atoms with van der Waals surface area (Å²) in [5.41, 5.74) is 1.32. The number of benzene rings is 1. The highest BCUT2D eigenvalue weighted by Gasteiger charge is 2.29. The Morgan fingerprint density at radius 1 is 1.24 bits per heavy atom. The van der Waals surface area contributed by atoms with E-state index in [1.807, 2.05) is 4.90 Å². The standard InChI is InChI=1S/C16H22N2O3/c1-4-21-15(19)13-5-7-14(8-6-13)18-10-9-17(16(18)20)11-12(2)3/h5-8,12H,4,9-11H2,1-3H3. The minimum Gasteiger partial charge on any atom is -0.462 e. The number of rotatable bonds is 5. The van der Waals surface area contributed by atoms with Gasteiger partial charge in [0.05, 0.1) is 12.2 Å². The normalized spacial score (nSPS) is 15.0. The molecule has 1 aliphatic rings. The van der Waals surface area contributed by atoms with Gasteiger partial charge in [-0.25, -0.2) is 9.59 Å². The fourth-order valence-electron chi connectivity index (χ4n) is 2.42. The maximum atomic E-state index is 12.3. The highest BCUT2D eigenvalue weighted by molar-refractivity contribution is 5.95. The number of amides is 2. The Balaban J connectivity index is 2.06. The van der Waals surface area contributed by atoms with Gasteiger partial charge in [-0.05, 0) is 37.1 Å². The van der Waals surface area contributed by atoms with Gasteiger partial charge in [-0.3, -0.25) is 4.90 Å². The van der Waals surface area contributed by atoms with E-state index in [9.17, 15) is 9.59 Å². The van der Waals surface area contributed by atoms with Gasteiger partial charge < -0.3 is 9.64 Å². The molecule has 1 aromatic carbocycles.